The molecule has 1 heterocycles. The van der Waals surface area contributed by atoms with Crippen molar-refractivity contribution in [3.8, 4) is 0 Å². The first-order valence-corrected chi connectivity index (χ1v) is 7.31. The zero-order chi connectivity index (χ0) is 14.0. The van der Waals surface area contributed by atoms with Crippen molar-refractivity contribution in [2.24, 2.45) is 11.8 Å². The minimum absolute atomic E-state index is 0.0424. The highest BCUT2D eigenvalue weighted by Crippen LogP contribution is 2.38. The molecule has 1 aromatic rings. The van der Waals surface area contributed by atoms with E-state index in [4.69, 9.17) is 11.6 Å². The van der Waals surface area contributed by atoms with Crippen molar-refractivity contribution in [2.75, 3.05) is 13.6 Å². The highest BCUT2D eigenvalue weighted by atomic mass is 35.5. The fraction of sp³-hybridized carbons (Fsp3) is 0.600. The van der Waals surface area contributed by atoms with Crippen molar-refractivity contribution in [2.45, 2.75) is 33.1 Å². The highest BCUT2D eigenvalue weighted by Gasteiger charge is 2.34. The zero-order valence-electron chi connectivity index (χ0n) is 11.8. The predicted molar refractivity (Wildman–Crippen MR) is 77.5 cm³/mol. The monoisotopic (exact) mass is 280 g/mol. The lowest BCUT2D eigenvalue weighted by Gasteiger charge is -2.17. The molecular formula is C15H21ClN2O. The molecule has 0 bridgehead atoms. The third-order valence-electron chi connectivity index (χ3n) is 3.73. The predicted octanol–water partition coefficient (Wildman–Crippen LogP) is 3.42. The van der Waals surface area contributed by atoms with Crippen LogP contribution >= 0.6 is 11.6 Å². The van der Waals surface area contributed by atoms with Crippen LogP contribution in [0.2, 0.25) is 5.15 Å². The van der Waals surface area contributed by atoms with Crippen LogP contribution in [-0.2, 0) is 6.42 Å². The van der Waals surface area contributed by atoms with Gasteiger partial charge in [-0.05, 0) is 36.8 Å². The lowest BCUT2D eigenvalue weighted by molar-refractivity contribution is 0.0787. The average molecular weight is 281 g/mol. The average Bonchev–Trinajstić information content (AvgIpc) is 3.03. The Hall–Kier alpha value is -1.09. The first kappa shape index (κ1) is 14.3. The molecule has 0 aromatic carbocycles. The number of aryl methyl sites for hydroxylation is 1. The van der Waals surface area contributed by atoms with E-state index in [0.29, 0.717) is 16.6 Å². The Morgan fingerprint density at radius 3 is 2.79 bits per heavy atom. The molecule has 1 fully saturated rings. The fourth-order valence-corrected chi connectivity index (χ4v) is 2.59. The maximum Gasteiger partial charge on any atom is 0.253 e. The molecule has 1 aliphatic rings. The maximum absolute atomic E-state index is 12.4. The standard InChI is InChI=1S/C15H21ClN2O/c1-4-5-13-7-11(8-14(16)17-13)15(19)18(3)9-12-6-10(12)2/h7-8,10,12H,4-6,9H2,1-3H3. The van der Waals surface area contributed by atoms with E-state index in [1.165, 1.54) is 6.42 Å². The van der Waals surface area contributed by atoms with Crippen molar-refractivity contribution in [3.05, 3.63) is 28.5 Å². The molecule has 1 aliphatic carbocycles. The molecule has 2 unspecified atom stereocenters. The quantitative estimate of drug-likeness (QED) is 0.775. The number of halogens is 1. The van der Waals surface area contributed by atoms with Crippen LogP contribution < -0.4 is 0 Å². The van der Waals surface area contributed by atoms with Crippen molar-refractivity contribution in [1.82, 2.24) is 9.88 Å². The van der Waals surface area contributed by atoms with Crippen LogP contribution in [0.5, 0.6) is 0 Å². The second kappa shape index (κ2) is 5.91. The SMILES string of the molecule is CCCc1cc(C(=O)N(C)CC2CC2C)cc(Cl)n1. The summed E-state index contributed by atoms with van der Waals surface area (Å²) in [5.74, 6) is 1.47. The van der Waals surface area contributed by atoms with Gasteiger partial charge in [0, 0.05) is 24.8 Å². The molecule has 1 aromatic heterocycles. The smallest absolute Gasteiger partial charge is 0.253 e. The molecule has 2 atom stereocenters. The molecular weight excluding hydrogens is 260 g/mol. The fourth-order valence-electron chi connectivity index (χ4n) is 2.37. The molecule has 1 amide bonds. The van der Waals surface area contributed by atoms with E-state index in [1.54, 1.807) is 11.0 Å². The number of pyridine rings is 1. The van der Waals surface area contributed by atoms with E-state index in [9.17, 15) is 4.79 Å². The number of hydrogen-bond acceptors (Lipinski definition) is 2. The molecule has 0 radical (unpaired) electrons. The Bertz CT molecular complexity index is 475. The van der Waals surface area contributed by atoms with Crippen LogP contribution in [-0.4, -0.2) is 29.4 Å². The van der Waals surface area contributed by atoms with Gasteiger partial charge in [-0.15, -0.1) is 0 Å². The van der Waals surface area contributed by atoms with E-state index in [1.807, 2.05) is 13.1 Å². The first-order valence-electron chi connectivity index (χ1n) is 6.93. The van der Waals surface area contributed by atoms with Gasteiger partial charge in [-0.2, -0.15) is 0 Å². The maximum atomic E-state index is 12.4. The summed E-state index contributed by atoms with van der Waals surface area (Å²) in [6, 6.07) is 3.53. The minimum atomic E-state index is 0.0424. The summed E-state index contributed by atoms with van der Waals surface area (Å²) in [7, 11) is 1.86. The van der Waals surface area contributed by atoms with Gasteiger partial charge in [0.25, 0.3) is 5.91 Å². The zero-order valence-corrected chi connectivity index (χ0v) is 12.6. The van der Waals surface area contributed by atoms with Gasteiger partial charge in [0.15, 0.2) is 0 Å². The van der Waals surface area contributed by atoms with Crippen molar-refractivity contribution >= 4 is 17.5 Å². The van der Waals surface area contributed by atoms with Crippen molar-refractivity contribution in [1.29, 1.82) is 0 Å². The Morgan fingerprint density at radius 1 is 1.53 bits per heavy atom. The normalized spacial score (nSPS) is 21.3. The van der Waals surface area contributed by atoms with Crippen molar-refractivity contribution < 1.29 is 4.79 Å². The lowest BCUT2D eigenvalue weighted by Crippen LogP contribution is -2.29. The van der Waals surface area contributed by atoms with Crippen LogP contribution in [0.4, 0.5) is 0 Å². The number of rotatable bonds is 5. The number of nitrogens with zero attached hydrogens (tertiary/aromatic N) is 2. The summed E-state index contributed by atoms with van der Waals surface area (Å²) in [6.45, 7) is 5.15. The number of amides is 1. The van der Waals surface area contributed by atoms with Crippen molar-refractivity contribution in [3.63, 3.8) is 0 Å². The van der Waals surface area contributed by atoms with Gasteiger partial charge in [0.1, 0.15) is 5.15 Å². The van der Waals surface area contributed by atoms with Gasteiger partial charge in [-0.1, -0.05) is 31.9 Å². The van der Waals surface area contributed by atoms with E-state index in [2.05, 4.69) is 18.8 Å². The van der Waals surface area contributed by atoms with Gasteiger partial charge in [-0.3, -0.25) is 4.79 Å². The summed E-state index contributed by atoms with van der Waals surface area (Å²) < 4.78 is 0. The summed E-state index contributed by atoms with van der Waals surface area (Å²) in [4.78, 5) is 18.4. The largest absolute Gasteiger partial charge is 0.341 e. The molecule has 3 nitrogen and oxygen atoms in total. The number of carbonyl (C=O) groups is 1. The molecule has 2 rings (SSSR count). The molecule has 0 saturated heterocycles. The highest BCUT2D eigenvalue weighted by molar-refractivity contribution is 6.29. The van der Waals surface area contributed by atoms with E-state index in [-0.39, 0.29) is 5.91 Å². The van der Waals surface area contributed by atoms with Gasteiger partial charge >= 0.3 is 0 Å². The second-order valence-electron chi connectivity index (χ2n) is 5.58. The Balaban J connectivity index is 2.08. The first-order chi connectivity index (χ1) is 9.01. The van der Waals surface area contributed by atoms with Crippen LogP contribution in [0.1, 0.15) is 42.7 Å². The molecule has 19 heavy (non-hydrogen) atoms. The summed E-state index contributed by atoms with van der Waals surface area (Å²) in [5.41, 5.74) is 1.55. The van der Waals surface area contributed by atoms with Crippen LogP contribution in [0.15, 0.2) is 12.1 Å². The van der Waals surface area contributed by atoms with Gasteiger partial charge < -0.3 is 4.90 Å². The Labute approximate surface area is 120 Å². The van der Waals surface area contributed by atoms with Gasteiger partial charge in [-0.25, -0.2) is 4.98 Å². The Morgan fingerprint density at radius 2 is 2.21 bits per heavy atom. The third-order valence-corrected chi connectivity index (χ3v) is 3.93. The van der Waals surface area contributed by atoms with Crippen LogP contribution in [0, 0.1) is 11.8 Å². The van der Waals surface area contributed by atoms with E-state index in [0.717, 1.165) is 31.0 Å². The van der Waals surface area contributed by atoms with Crippen LogP contribution in [0.25, 0.3) is 0 Å². The summed E-state index contributed by atoms with van der Waals surface area (Å²) in [5, 5.41) is 0.405. The molecule has 104 valence electrons. The van der Waals surface area contributed by atoms with Crippen LogP contribution in [0.3, 0.4) is 0 Å². The third kappa shape index (κ3) is 3.69. The number of aromatic nitrogens is 1. The molecule has 0 aliphatic heterocycles. The van der Waals surface area contributed by atoms with Gasteiger partial charge in [0.2, 0.25) is 0 Å². The van der Waals surface area contributed by atoms with E-state index >= 15 is 0 Å². The van der Waals surface area contributed by atoms with Gasteiger partial charge in [0.05, 0.1) is 0 Å². The van der Waals surface area contributed by atoms with E-state index < -0.39 is 0 Å². The lowest BCUT2D eigenvalue weighted by atomic mass is 10.1. The summed E-state index contributed by atoms with van der Waals surface area (Å²) >= 11 is 5.99. The molecule has 0 spiro atoms. The topological polar surface area (TPSA) is 33.2 Å². The Kier molecular flexibility index (Phi) is 4.46. The second-order valence-corrected chi connectivity index (χ2v) is 5.97. The number of carbonyl (C=O) groups excluding carboxylic acids is 1. The molecule has 0 N–H and O–H groups in total. The minimum Gasteiger partial charge on any atom is -0.341 e. The molecule has 1 saturated carbocycles. The summed E-state index contributed by atoms with van der Waals surface area (Å²) in [6.07, 6.45) is 3.08. The molecule has 4 heteroatoms. The number of hydrogen-bond donors (Lipinski definition) is 0.